The standard InChI is InChI=1S/C13H9.C13H10.C12H11.2ClH.Zr/c1-3-7-12-10(5-1)9-11-6-2-4-8-13(11)12;1-3-7-12(8-4-1)11-13-9-5-2-6-10-13;1-10-7-8-12(9-10)11-5-3-2-4-6-11;;;/h1-5,7-8H,9H2;1-10H;2-9H,1H3;2*1H;/q-1;;-1;;;+2/p-2. The van der Waals surface area contributed by atoms with Crippen molar-refractivity contribution in [1.29, 1.82) is 0 Å². The molecule has 0 unspecified atom stereocenters. The zero-order chi connectivity index (χ0) is 26.9. The fourth-order valence-corrected chi connectivity index (χ4v) is 5.57. The molecule has 0 atom stereocenters. The number of rotatable bonds is 3. The molecule has 0 bridgehead atoms. The van der Waals surface area contributed by atoms with Gasteiger partial charge in [-0.25, -0.2) is 6.07 Å². The van der Waals surface area contributed by atoms with Crippen LogP contribution in [0.4, 0.5) is 0 Å². The summed E-state index contributed by atoms with van der Waals surface area (Å²) in [5.74, 6) is 0. The second kappa shape index (κ2) is 16.3. The van der Waals surface area contributed by atoms with Crippen LogP contribution in [0.2, 0.25) is 0 Å². The maximum Gasteiger partial charge on any atom is -0.0253 e. The minimum Gasteiger partial charge on any atom is -0.179 e. The molecule has 41 heavy (non-hydrogen) atoms. The van der Waals surface area contributed by atoms with E-state index in [2.05, 4.69) is 153 Å². The Kier molecular flexibility index (Phi) is 12.8. The number of benzene rings is 5. The average Bonchev–Trinajstić information content (AvgIpc) is 3.62. The smallest absolute Gasteiger partial charge is 0.0253 e. The van der Waals surface area contributed by atoms with Crippen molar-refractivity contribution in [2.24, 2.45) is 0 Å². The Labute approximate surface area is 271 Å². The molecule has 202 valence electrons. The molecule has 0 saturated carbocycles. The first-order chi connectivity index (χ1) is 19.2. The van der Waals surface area contributed by atoms with Crippen LogP contribution in [0.15, 0.2) is 152 Å². The molecule has 0 nitrogen and oxygen atoms in total. The second-order valence-corrected chi connectivity index (χ2v) is 10.8. The van der Waals surface area contributed by atoms with Crippen molar-refractivity contribution in [1.82, 2.24) is 0 Å². The molecule has 0 heterocycles. The normalized spacial score (nSPS) is 10.2. The Morgan fingerprint density at radius 3 is 1.76 bits per heavy atom. The Balaban J connectivity index is 0.000000166. The number of fused-ring (bicyclic) bond motifs is 3. The molecular formula is C38H30Cl2Zr-2. The molecule has 0 radical (unpaired) electrons. The third-order valence-electron chi connectivity index (χ3n) is 6.76. The van der Waals surface area contributed by atoms with E-state index in [-0.39, 0.29) is 24.8 Å². The minimum absolute atomic E-state index is 0. The van der Waals surface area contributed by atoms with Gasteiger partial charge in [0.15, 0.2) is 0 Å². The quantitative estimate of drug-likeness (QED) is 0.259. The molecule has 0 fully saturated rings. The number of halogens is 2. The Morgan fingerprint density at radius 2 is 1.17 bits per heavy atom. The summed E-state index contributed by atoms with van der Waals surface area (Å²) in [5.41, 5.74) is 12.1. The van der Waals surface area contributed by atoms with Crippen LogP contribution in [0, 0.1) is 13.0 Å². The maximum absolute atomic E-state index is 3.30. The number of hydrogen-bond acceptors (Lipinski definition) is 0. The summed E-state index contributed by atoms with van der Waals surface area (Å²) in [7, 11) is 0. The Morgan fingerprint density at radius 1 is 0.634 bits per heavy atom. The number of hydrogen-bond donors (Lipinski definition) is 0. The van der Waals surface area contributed by atoms with Gasteiger partial charge in [-0.15, -0.1) is 5.56 Å². The van der Waals surface area contributed by atoms with Crippen LogP contribution >= 0.6 is 0 Å². The summed E-state index contributed by atoms with van der Waals surface area (Å²) in [5, 5.41) is 0. The molecule has 0 saturated heterocycles. The van der Waals surface area contributed by atoms with Crippen molar-refractivity contribution < 1.29 is 49.0 Å². The third kappa shape index (κ3) is 8.64. The van der Waals surface area contributed by atoms with Gasteiger partial charge in [0.2, 0.25) is 0 Å². The van der Waals surface area contributed by atoms with Crippen molar-refractivity contribution in [3.8, 4) is 22.3 Å². The van der Waals surface area contributed by atoms with Gasteiger partial charge in [0.1, 0.15) is 0 Å². The summed E-state index contributed by atoms with van der Waals surface area (Å²) < 4.78 is 1.42. The van der Waals surface area contributed by atoms with E-state index in [1.54, 1.807) is 0 Å². The molecule has 6 aromatic rings. The fraction of sp³-hybridized carbons (Fsp3) is 0.0526. The van der Waals surface area contributed by atoms with E-state index in [0.717, 1.165) is 6.42 Å². The SMILES string of the molecule is Cc1cc(-c2ccccc2)c[cH-]1.[Cl-].[Cl-].[Zr+2]=[C](c1ccccc1)c1ccccc1.[c-]1cccc2c1Cc1ccccc1-2. The van der Waals surface area contributed by atoms with Crippen molar-refractivity contribution in [2.75, 3.05) is 0 Å². The van der Waals surface area contributed by atoms with E-state index in [1.165, 1.54) is 77.5 Å². The van der Waals surface area contributed by atoms with Crippen LogP contribution in [-0.2, 0) is 30.7 Å². The van der Waals surface area contributed by atoms with Gasteiger partial charge in [0.05, 0.1) is 0 Å². The first-order valence-electron chi connectivity index (χ1n) is 13.2. The van der Waals surface area contributed by atoms with Crippen LogP contribution in [-0.4, -0.2) is 3.21 Å². The Bertz CT molecular complexity index is 1550. The topological polar surface area (TPSA) is 0 Å². The number of aryl methyl sites for hydroxylation is 1. The van der Waals surface area contributed by atoms with Crippen molar-refractivity contribution in [3.05, 3.63) is 186 Å². The van der Waals surface area contributed by atoms with Gasteiger partial charge < -0.3 is 24.8 Å². The van der Waals surface area contributed by atoms with E-state index in [0.29, 0.717) is 0 Å². The fourth-order valence-electron chi connectivity index (χ4n) is 4.75. The minimum atomic E-state index is 0. The molecule has 0 amide bonds. The van der Waals surface area contributed by atoms with E-state index in [4.69, 9.17) is 0 Å². The average molecular weight is 649 g/mol. The van der Waals surface area contributed by atoms with Gasteiger partial charge in [-0.05, 0) is 6.42 Å². The molecule has 0 spiro atoms. The first kappa shape index (κ1) is 32.3. The maximum atomic E-state index is 3.30. The van der Waals surface area contributed by atoms with Gasteiger partial charge in [-0.1, -0.05) is 78.2 Å². The summed E-state index contributed by atoms with van der Waals surface area (Å²) in [6, 6.07) is 56.2. The summed E-state index contributed by atoms with van der Waals surface area (Å²) in [6.07, 6.45) is 1.05. The van der Waals surface area contributed by atoms with Crippen LogP contribution in [0.3, 0.4) is 0 Å². The van der Waals surface area contributed by atoms with Crippen molar-refractivity contribution in [2.45, 2.75) is 13.3 Å². The van der Waals surface area contributed by atoms with Crippen LogP contribution in [0.25, 0.3) is 22.3 Å². The predicted octanol–water partition coefficient (Wildman–Crippen LogP) is 3.25. The van der Waals surface area contributed by atoms with E-state index in [1.807, 2.05) is 12.1 Å². The summed E-state index contributed by atoms with van der Waals surface area (Å²) in [6.45, 7) is 2.12. The molecular weight excluding hydrogens is 619 g/mol. The molecule has 0 N–H and O–H groups in total. The van der Waals surface area contributed by atoms with Crippen molar-refractivity contribution in [3.63, 3.8) is 0 Å². The van der Waals surface area contributed by atoms with E-state index < -0.39 is 0 Å². The first-order valence-corrected chi connectivity index (χ1v) is 14.5. The van der Waals surface area contributed by atoms with Gasteiger partial charge in [0.25, 0.3) is 0 Å². The summed E-state index contributed by atoms with van der Waals surface area (Å²) >= 11 is 1.46. The largest absolute Gasteiger partial charge is 0.179 e. The molecule has 7 rings (SSSR count). The van der Waals surface area contributed by atoms with Crippen LogP contribution in [0.5, 0.6) is 0 Å². The molecule has 6 aromatic carbocycles. The van der Waals surface area contributed by atoms with Gasteiger partial charge >= 0.3 is 99.2 Å². The summed E-state index contributed by atoms with van der Waals surface area (Å²) in [4.78, 5) is 0. The van der Waals surface area contributed by atoms with Crippen LogP contribution in [0.1, 0.15) is 27.8 Å². The third-order valence-corrected chi connectivity index (χ3v) is 8.18. The molecule has 3 heteroatoms. The van der Waals surface area contributed by atoms with Gasteiger partial charge in [-0.3, -0.25) is 0 Å². The molecule has 0 aromatic heterocycles. The van der Waals surface area contributed by atoms with E-state index >= 15 is 0 Å². The molecule has 0 aliphatic heterocycles. The van der Waals surface area contributed by atoms with Gasteiger partial charge in [-0.2, -0.15) is 53.1 Å². The molecule has 1 aliphatic rings. The van der Waals surface area contributed by atoms with E-state index in [9.17, 15) is 0 Å². The van der Waals surface area contributed by atoms with Crippen molar-refractivity contribution >= 4 is 3.21 Å². The monoisotopic (exact) mass is 646 g/mol. The molecule has 1 aliphatic carbocycles. The van der Waals surface area contributed by atoms with Crippen LogP contribution < -0.4 is 24.8 Å². The second-order valence-electron chi connectivity index (χ2n) is 9.55. The zero-order valence-corrected chi connectivity index (χ0v) is 26.9. The Hall–Kier alpha value is -3.22. The van der Waals surface area contributed by atoms with Gasteiger partial charge in [0, 0.05) is 0 Å². The predicted molar refractivity (Wildman–Crippen MR) is 162 cm³/mol. The zero-order valence-electron chi connectivity index (χ0n) is 22.9.